The number of benzene rings is 1. The predicted octanol–water partition coefficient (Wildman–Crippen LogP) is 2.31. The van der Waals surface area contributed by atoms with Gasteiger partial charge in [0.15, 0.2) is 17.3 Å². The quantitative estimate of drug-likeness (QED) is 0.720. The minimum Gasteiger partial charge on any atom is -0.493 e. The Morgan fingerprint density at radius 2 is 1.56 bits per heavy atom. The van der Waals surface area contributed by atoms with Crippen LogP contribution in [0.4, 0.5) is 0 Å². The molecule has 88 valence electrons. The summed E-state index contributed by atoms with van der Waals surface area (Å²) in [4.78, 5) is 11.6. The fraction of sp³-hybridized carbons (Fsp3) is 0.417. The molecule has 0 bridgehead atoms. The fourth-order valence-electron chi connectivity index (χ4n) is 1.45. The third kappa shape index (κ3) is 2.27. The lowest BCUT2D eigenvalue weighted by molar-refractivity contribution is 0.0987. The third-order valence-electron chi connectivity index (χ3n) is 2.31. The first kappa shape index (κ1) is 12.4. The van der Waals surface area contributed by atoms with Crippen LogP contribution in [0.25, 0.3) is 0 Å². The first-order valence-electron chi connectivity index (χ1n) is 5.01. The zero-order valence-electron chi connectivity index (χ0n) is 9.99. The van der Waals surface area contributed by atoms with Crippen LogP contribution in [0.3, 0.4) is 0 Å². The molecule has 4 nitrogen and oxygen atoms in total. The van der Waals surface area contributed by atoms with Crippen molar-refractivity contribution in [1.82, 2.24) is 0 Å². The maximum Gasteiger partial charge on any atom is 0.203 e. The van der Waals surface area contributed by atoms with Crippen LogP contribution < -0.4 is 14.2 Å². The van der Waals surface area contributed by atoms with E-state index in [2.05, 4.69) is 0 Å². The molecule has 0 amide bonds. The molecular formula is C12H16O4. The van der Waals surface area contributed by atoms with E-state index in [-0.39, 0.29) is 5.78 Å². The van der Waals surface area contributed by atoms with Gasteiger partial charge in [-0.15, -0.1) is 0 Å². The molecule has 1 aromatic rings. The van der Waals surface area contributed by atoms with Crippen molar-refractivity contribution in [2.45, 2.75) is 13.3 Å². The Balaban J connectivity index is 3.31. The number of carbonyl (C=O) groups excluding carboxylic acids is 1. The van der Waals surface area contributed by atoms with Crippen LogP contribution in [0.2, 0.25) is 0 Å². The molecule has 1 rings (SSSR count). The number of rotatable bonds is 5. The van der Waals surface area contributed by atoms with Crippen LogP contribution >= 0.6 is 0 Å². The highest BCUT2D eigenvalue weighted by atomic mass is 16.5. The number of Topliss-reactive ketones (excluding diaryl/α,β-unsaturated/α-hetero) is 1. The van der Waals surface area contributed by atoms with Gasteiger partial charge in [-0.25, -0.2) is 0 Å². The van der Waals surface area contributed by atoms with Crippen LogP contribution in [-0.2, 0) is 0 Å². The molecule has 16 heavy (non-hydrogen) atoms. The summed E-state index contributed by atoms with van der Waals surface area (Å²) in [5, 5.41) is 0. The average Bonchev–Trinajstić information content (AvgIpc) is 2.35. The van der Waals surface area contributed by atoms with Gasteiger partial charge in [0.2, 0.25) is 5.75 Å². The number of hydrogen-bond donors (Lipinski definition) is 0. The van der Waals surface area contributed by atoms with Gasteiger partial charge in [-0.2, -0.15) is 0 Å². The molecule has 0 N–H and O–H groups in total. The number of carbonyl (C=O) groups is 1. The highest BCUT2D eigenvalue weighted by Gasteiger charge is 2.15. The molecule has 0 fully saturated rings. The number of hydrogen-bond acceptors (Lipinski definition) is 4. The molecule has 0 spiro atoms. The van der Waals surface area contributed by atoms with Gasteiger partial charge in [-0.1, -0.05) is 6.92 Å². The highest BCUT2D eigenvalue weighted by molar-refractivity contribution is 5.97. The topological polar surface area (TPSA) is 44.8 Å². The minimum absolute atomic E-state index is 0.0410. The van der Waals surface area contributed by atoms with E-state index in [0.29, 0.717) is 29.2 Å². The van der Waals surface area contributed by atoms with E-state index in [1.165, 1.54) is 21.3 Å². The molecule has 0 atom stereocenters. The molecule has 0 aliphatic rings. The molecular weight excluding hydrogens is 208 g/mol. The molecule has 0 unspecified atom stereocenters. The normalized spacial score (nSPS) is 9.75. The van der Waals surface area contributed by atoms with E-state index in [4.69, 9.17) is 14.2 Å². The van der Waals surface area contributed by atoms with E-state index in [1.54, 1.807) is 12.1 Å². The molecule has 0 aliphatic carbocycles. The smallest absolute Gasteiger partial charge is 0.203 e. The Kier molecular flexibility index (Phi) is 4.17. The Bertz CT molecular complexity index is 360. The van der Waals surface area contributed by atoms with Crippen LogP contribution in [0.5, 0.6) is 17.2 Å². The Morgan fingerprint density at radius 3 is 1.88 bits per heavy atom. The first-order chi connectivity index (χ1) is 7.67. The van der Waals surface area contributed by atoms with Crippen LogP contribution in [-0.4, -0.2) is 27.1 Å². The third-order valence-corrected chi connectivity index (χ3v) is 2.31. The van der Waals surface area contributed by atoms with Crippen molar-refractivity contribution in [2.24, 2.45) is 0 Å². The van der Waals surface area contributed by atoms with Gasteiger partial charge >= 0.3 is 0 Å². The van der Waals surface area contributed by atoms with Crippen molar-refractivity contribution in [2.75, 3.05) is 21.3 Å². The maximum atomic E-state index is 11.6. The van der Waals surface area contributed by atoms with Crippen LogP contribution in [0.15, 0.2) is 12.1 Å². The first-order valence-corrected chi connectivity index (χ1v) is 5.01. The van der Waals surface area contributed by atoms with Crippen molar-refractivity contribution in [3.8, 4) is 17.2 Å². The zero-order chi connectivity index (χ0) is 12.1. The summed E-state index contributed by atoms with van der Waals surface area (Å²) in [5.74, 6) is 1.54. The predicted molar refractivity (Wildman–Crippen MR) is 60.7 cm³/mol. The van der Waals surface area contributed by atoms with Gasteiger partial charge in [0.05, 0.1) is 21.3 Å². The summed E-state index contributed by atoms with van der Waals surface area (Å²) in [6, 6.07) is 3.32. The second kappa shape index (κ2) is 5.39. The summed E-state index contributed by atoms with van der Waals surface area (Å²) in [6.45, 7) is 1.81. The van der Waals surface area contributed by atoms with Crippen LogP contribution in [0.1, 0.15) is 23.7 Å². The van der Waals surface area contributed by atoms with Gasteiger partial charge in [-0.3, -0.25) is 4.79 Å². The van der Waals surface area contributed by atoms with Gasteiger partial charge in [-0.05, 0) is 12.1 Å². The van der Waals surface area contributed by atoms with E-state index in [1.807, 2.05) is 6.92 Å². The Morgan fingerprint density at radius 1 is 1.06 bits per heavy atom. The van der Waals surface area contributed by atoms with Crippen molar-refractivity contribution in [1.29, 1.82) is 0 Å². The molecule has 0 saturated carbocycles. The van der Waals surface area contributed by atoms with Crippen molar-refractivity contribution < 1.29 is 19.0 Å². The Labute approximate surface area is 95.1 Å². The molecule has 0 radical (unpaired) electrons. The second-order valence-corrected chi connectivity index (χ2v) is 3.19. The van der Waals surface area contributed by atoms with Gasteiger partial charge in [0.1, 0.15) is 0 Å². The Hall–Kier alpha value is -1.71. The van der Waals surface area contributed by atoms with Crippen LogP contribution in [0, 0.1) is 0 Å². The van der Waals surface area contributed by atoms with E-state index >= 15 is 0 Å². The van der Waals surface area contributed by atoms with Crippen molar-refractivity contribution in [3.63, 3.8) is 0 Å². The summed E-state index contributed by atoms with van der Waals surface area (Å²) in [7, 11) is 4.58. The average molecular weight is 224 g/mol. The SMILES string of the molecule is CCC(=O)c1cc(OC)c(OC)c(OC)c1. The van der Waals surface area contributed by atoms with Crippen molar-refractivity contribution in [3.05, 3.63) is 17.7 Å². The molecule has 0 aromatic heterocycles. The molecule has 0 aliphatic heterocycles. The van der Waals surface area contributed by atoms with E-state index in [0.717, 1.165) is 0 Å². The maximum absolute atomic E-state index is 11.6. The molecule has 4 heteroatoms. The lowest BCUT2D eigenvalue weighted by Gasteiger charge is -2.13. The summed E-state index contributed by atoms with van der Waals surface area (Å²) < 4.78 is 15.5. The minimum atomic E-state index is 0.0410. The van der Waals surface area contributed by atoms with Gasteiger partial charge in [0, 0.05) is 12.0 Å². The number of ketones is 1. The molecule has 0 saturated heterocycles. The highest BCUT2D eigenvalue weighted by Crippen LogP contribution is 2.38. The lowest BCUT2D eigenvalue weighted by atomic mass is 10.1. The standard InChI is InChI=1S/C12H16O4/c1-5-9(13)8-6-10(14-2)12(16-4)11(7-8)15-3/h6-7H,5H2,1-4H3. The lowest BCUT2D eigenvalue weighted by Crippen LogP contribution is -2.01. The van der Waals surface area contributed by atoms with E-state index < -0.39 is 0 Å². The monoisotopic (exact) mass is 224 g/mol. The second-order valence-electron chi connectivity index (χ2n) is 3.19. The van der Waals surface area contributed by atoms with Crippen molar-refractivity contribution >= 4 is 5.78 Å². The molecule has 1 aromatic carbocycles. The number of methoxy groups -OCH3 is 3. The fourth-order valence-corrected chi connectivity index (χ4v) is 1.45. The zero-order valence-corrected chi connectivity index (χ0v) is 9.99. The summed E-state index contributed by atoms with van der Waals surface area (Å²) >= 11 is 0. The largest absolute Gasteiger partial charge is 0.493 e. The van der Waals surface area contributed by atoms with E-state index in [9.17, 15) is 4.79 Å². The molecule has 0 heterocycles. The number of ether oxygens (including phenoxy) is 3. The summed E-state index contributed by atoms with van der Waals surface area (Å²) in [5.41, 5.74) is 0.567. The van der Waals surface area contributed by atoms with Gasteiger partial charge < -0.3 is 14.2 Å². The summed E-state index contributed by atoms with van der Waals surface area (Å²) in [6.07, 6.45) is 0.443. The van der Waals surface area contributed by atoms with Gasteiger partial charge in [0.25, 0.3) is 0 Å².